The van der Waals surface area contributed by atoms with Crippen LogP contribution in [0, 0.1) is 0 Å². The minimum absolute atomic E-state index is 0.0243. The standard InChI is InChI=1S/C12H26N2O/c1-10-8-14(9-11(2)15-10)7-5-6-12(3,4)13/h10-11H,5-9,13H2,1-4H3/t10-,11+. The molecule has 1 fully saturated rings. The second-order valence-corrected chi connectivity index (χ2v) is 5.61. The molecule has 1 heterocycles. The summed E-state index contributed by atoms with van der Waals surface area (Å²) in [5.41, 5.74) is 5.94. The summed E-state index contributed by atoms with van der Waals surface area (Å²) in [6, 6.07) is 0. The molecule has 1 aliphatic heterocycles. The minimum Gasteiger partial charge on any atom is -0.373 e. The van der Waals surface area contributed by atoms with E-state index in [1.807, 2.05) is 0 Å². The van der Waals surface area contributed by atoms with E-state index >= 15 is 0 Å². The van der Waals surface area contributed by atoms with Gasteiger partial charge in [-0.3, -0.25) is 4.90 Å². The van der Waals surface area contributed by atoms with Gasteiger partial charge in [0.05, 0.1) is 12.2 Å². The van der Waals surface area contributed by atoms with E-state index in [1.165, 1.54) is 6.42 Å². The van der Waals surface area contributed by atoms with Gasteiger partial charge in [-0.2, -0.15) is 0 Å². The summed E-state index contributed by atoms with van der Waals surface area (Å²) in [5, 5.41) is 0. The first kappa shape index (κ1) is 12.9. The highest BCUT2D eigenvalue weighted by atomic mass is 16.5. The molecule has 90 valence electrons. The number of morpholine rings is 1. The zero-order valence-corrected chi connectivity index (χ0v) is 10.6. The van der Waals surface area contributed by atoms with Crippen molar-refractivity contribution >= 4 is 0 Å². The van der Waals surface area contributed by atoms with Crippen molar-refractivity contribution in [2.24, 2.45) is 5.73 Å². The quantitative estimate of drug-likeness (QED) is 0.773. The molecule has 0 aromatic heterocycles. The van der Waals surface area contributed by atoms with Gasteiger partial charge in [-0.05, 0) is 47.1 Å². The topological polar surface area (TPSA) is 38.5 Å². The Balaban J connectivity index is 2.21. The van der Waals surface area contributed by atoms with Gasteiger partial charge in [0.25, 0.3) is 0 Å². The van der Waals surface area contributed by atoms with Crippen LogP contribution in [0.2, 0.25) is 0 Å². The Kier molecular flexibility index (Phi) is 4.56. The Labute approximate surface area is 94.0 Å². The Morgan fingerprint density at radius 3 is 2.27 bits per heavy atom. The molecule has 15 heavy (non-hydrogen) atoms. The predicted molar refractivity (Wildman–Crippen MR) is 63.9 cm³/mol. The second kappa shape index (κ2) is 5.28. The molecule has 0 spiro atoms. The second-order valence-electron chi connectivity index (χ2n) is 5.61. The van der Waals surface area contributed by atoms with Crippen molar-refractivity contribution in [3.8, 4) is 0 Å². The first-order valence-electron chi connectivity index (χ1n) is 6.03. The molecule has 0 aromatic carbocycles. The van der Waals surface area contributed by atoms with E-state index in [1.54, 1.807) is 0 Å². The van der Waals surface area contributed by atoms with Gasteiger partial charge < -0.3 is 10.5 Å². The molecule has 3 heteroatoms. The van der Waals surface area contributed by atoms with Crippen LogP contribution < -0.4 is 5.73 Å². The van der Waals surface area contributed by atoms with E-state index in [2.05, 4.69) is 32.6 Å². The van der Waals surface area contributed by atoms with Crippen molar-refractivity contribution in [1.29, 1.82) is 0 Å². The third-order valence-electron chi connectivity index (χ3n) is 2.79. The van der Waals surface area contributed by atoms with Crippen LogP contribution in [0.5, 0.6) is 0 Å². The highest BCUT2D eigenvalue weighted by molar-refractivity contribution is 4.76. The van der Waals surface area contributed by atoms with Gasteiger partial charge in [-0.25, -0.2) is 0 Å². The maximum Gasteiger partial charge on any atom is 0.0678 e. The molecule has 1 rings (SSSR count). The Bertz CT molecular complexity index is 179. The third-order valence-corrected chi connectivity index (χ3v) is 2.79. The fourth-order valence-electron chi connectivity index (χ4n) is 2.23. The molecule has 0 aliphatic carbocycles. The molecule has 1 aliphatic rings. The van der Waals surface area contributed by atoms with Crippen LogP contribution in [0.1, 0.15) is 40.5 Å². The molecule has 2 N–H and O–H groups in total. The zero-order valence-electron chi connectivity index (χ0n) is 10.6. The van der Waals surface area contributed by atoms with Crippen LogP contribution in [-0.4, -0.2) is 42.3 Å². The Hall–Kier alpha value is -0.120. The zero-order chi connectivity index (χ0) is 11.5. The van der Waals surface area contributed by atoms with Gasteiger partial charge >= 0.3 is 0 Å². The molecule has 2 atom stereocenters. The smallest absolute Gasteiger partial charge is 0.0678 e. The summed E-state index contributed by atoms with van der Waals surface area (Å²) in [7, 11) is 0. The number of nitrogens with two attached hydrogens (primary N) is 1. The lowest BCUT2D eigenvalue weighted by Crippen LogP contribution is -2.46. The molecule has 0 amide bonds. The van der Waals surface area contributed by atoms with Crippen LogP contribution in [0.25, 0.3) is 0 Å². The van der Waals surface area contributed by atoms with Gasteiger partial charge in [0.15, 0.2) is 0 Å². The molecule has 3 nitrogen and oxygen atoms in total. The largest absolute Gasteiger partial charge is 0.373 e. The van der Waals surface area contributed by atoms with Crippen molar-refractivity contribution < 1.29 is 4.74 Å². The van der Waals surface area contributed by atoms with Gasteiger partial charge in [-0.15, -0.1) is 0 Å². The highest BCUT2D eigenvalue weighted by Crippen LogP contribution is 2.13. The molecule has 0 saturated carbocycles. The van der Waals surface area contributed by atoms with E-state index in [-0.39, 0.29) is 5.54 Å². The van der Waals surface area contributed by atoms with Crippen LogP contribution in [0.15, 0.2) is 0 Å². The molecule has 0 bridgehead atoms. The summed E-state index contributed by atoms with van der Waals surface area (Å²) in [6.07, 6.45) is 3.02. The summed E-state index contributed by atoms with van der Waals surface area (Å²) in [5.74, 6) is 0. The number of nitrogens with zero attached hydrogens (tertiary/aromatic N) is 1. The van der Waals surface area contributed by atoms with Crippen molar-refractivity contribution in [1.82, 2.24) is 4.90 Å². The summed E-state index contributed by atoms with van der Waals surface area (Å²) in [4.78, 5) is 2.49. The van der Waals surface area contributed by atoms with Gasteiger partial charge in [0.1, 0.15) is 0 Å². The van der Waals surface area contributed by atoms with Crippen LogP contribution in [0.4, 0.5) is 0 Å². The molecule has 0 unspecified atom stereocenters. The van der Waals surface area contributed by atoms with E-state index in [9.17, 15) is 0 Å². The third kappa shape index (κ3) is 5.50. The Morgan fingerprint density at radius 2 is 1.80 bits per heavy atom. The van der Waals surface area contributed by atoms with Crippen LogP contribution in [0.3, 0.4) is 0 Å². The fourth-order valence-corrected chi connectivity index (χ4v) is 2.23. The van der Waals surface area contributed by atoms with Gasteiger partial charge in [-0.1, -0.05) is 0 Å². The maximum absolute atomic E-state index is 5.96. The normalized spacial score (nSPS) is 29.4. The van der Waals surface area contributed by atoms with E-state index in [4.69, 9.17) is 10.5 Å². The lowest BCUT2D eigenvalue weighted by atomic mass is 10.00. The number of rotatable bonds is 4. The van der Waals surface area contributed by atoms with E-state index in [0.29, 0.717) is 12.2 Å². The predicted octanol–water partition coefficient (Wildman–Crippen LogP) is 1.61. The molecule has 0 radical (unpaired) electrons. The summed E-state index contributed by atoms with van der Waals surface area (Å²) >= 11 is 0. The van der Waals surface area contributed by atoms with Crippen molar-refractivity contribution in [2.45, 2.75) is 58.3 Å². The average Bonchev–Trinajstić information content (AvgIpc) is 1.99. The average molecular weight is 214 g/mol. The van der Waals surface area contributed by atoms with E-state index in [0.717, 1.165) is 26.1 Å². The maximum atomic E-state index is 5.96. The summed E-state index contributed by atoms with van der Waals surface area (Å²) < 4.78 is 5.70. The molecule has 1 saturated heterocycles. The summed E-state index contributed by atoms with van der Waals surface area (Å²) in [6.45, 7) is 11.8. The fraction of sp³-hybridized carbons (Fsp3) is 1.00. The van der Waals surface area contributed by atoms with Gasteiger partial charge in [0, 0.05) is 18.6 Å². The molecule has 0 aromatic rings. The first-order valence-corrected chi connectivity index (χ1v) is 6.03. The van der Waals surface area contributed by atoms with Crippen LogP contribution >= 0.6 is 0 Å². The first-order chi connectivity index (χ1) is 6.87. The highest BCUT2D eigenvalue weighted by Gasteiger charge is 2.22. The Morgan fingerprint density at radius 1 is 1.27 bits per heavy atom. The number of hydrogen-bond donors (Lipinski definition) is 1. The SMILES string of the molecule is C[C@@H]1CN(CCCC(C)(C)N)C[C@H](C)O1. The number of ether oxygens (including phenoxy) is 1. The molecular formula is C12H26N2O. The minimum atomic E-state index is -0.0243. The van der Waals surface area contributed by atoms with Crippen molar-refractivity contribution in [3.05, 3.63) is 0 Å². The number of hydrogen-bond acceptors (Lipinski definition) is 3. The van der Waals surface area contributed by atoms with Crippen LogP contribution in [-0.2, 0) is 4.74 Å². The monoisotopic (exact) mass is 214 g/mol. The van der Waals surface area contributed by atoms with Gasteiger partial charge in [0.2, 0.25) is 0 Å². The molecular weight excluding hydrogens is 188 g/mol. The lowest BCUT2D eigenvalue weighted by Gasteiger charge is -2.35. The van der Waals surface area contributed by atoms with Crippen molar-refractivity contribution in [2.75, 3.05) is 19.6 Å². The van der Waals surface area contributed by atoms with E-state index < -0.39 is 0 Å². The lowest BCUT2D eigenvalue weighted by molar-refractivity contribution is -0.0683. The van der Waals surface area contributed by atoms with Crippen molar-refractivity contribution in [3.63, 3.8) is 0 Å².